The number of halogens is 1. The van der Waals surface area contributed by atoms with Crippen LogP contribution in [-0.4, -0.2) is 50.3 Å². The largest absolute Gasteiger partial charge is 0.459 e. The molecule has 3 rings (SSSR count). The fourth-order valence-electron chi connectivity index (χ4n) is 2.73. The second-order valence-electron chi connectivity index (χ2n) is 5.92. The lowest BCUT2D eigenvalue weighted by molar-refractivity contribution is -0.142. The van der Waals surface area contributed by atoms with Gasteiger partial charge in [0.15, 0.2) is 18.6 Å². The molecule has 0 bridgehead atoms. The first-order chi connectivity index (χ1) is 13.1. The zero-order chi connectivity index (χ0) is 19.2. The van der Waals surface area contributed by atoms with E-state index < -0.39 is 36.6 Å². The van der Waals surface area contributed by atoms with Gasteiger partial charge in [0.1, 0.15) is 12.7 Å². The monoisotopic (exact) mass is 374 g/mol. The van der Waals surface area contributed by atoms with Crippen molar-refractivity contribution in [3.63, 3.8) is 0 Å². The molecular weight excluding hydrogens is 355 g/mol. The molecule has 0 N–H and O–H groups in total. The molecule has 1 unspecified atom stereocenters. The lowest BCUT2D eigenvalue weighted by Gasteiger charge is -2.19. The number of carbonyl (C=O) groups excluding carboxylic acids is 2. The number of methoxy groups -OCH3 is 1. The average molecular weight is 374 g/mol. The molecule has 2 aromatic rings. The number of carbonyl (C=O) groups is 2. The molecule has 1 aliphatic rings. The minimum absolute atomic E-state index is 0.277. The predicted octanol–water partition coefficient (Wildman–Crippen LogP) is 2.78. The minimum atomic E-state index is -1.71. The van der Waals surface area contributed by atoms with E-state index >= 15 is 0 Å². The molecule has 0 radical (unpaired) electrons. The number of hydrogen-bond donors (Lipinski definition) is 0. The predicted molar refractivity (Wildman–Crippen MR) is 92.9 cm³/mol. The first-order valence-corrected chi connectivity index (χ1v) is 8.40. The van der Waals surface area contributed by atoms with Crippen LogP contribution in [0.5, 0.6) is 0 Å². The average Bonchev–Trinajstić information content (AvgIpc) is 3.02. The summed E-state index contributed by atoms with van der Waals surface area (Å²) in [6.45, 7) is -0.277. The van der Waals surface area contributed by atoms with Gasteiger partial charge in [-0.1, -0.05) is 36.4 Å². The summed E-state index contributed by atoms with van der Waals surface area (Å²) in [5, 5.41) is 0. The number of esters is 2. The molecule has 0 amide bonds. The van der Waals surface area contributed by atoms with Gasteiger partial charge in [-0.25, -0.2) is 14.0 Å². The lowest BCUT2D eigenvalue weighted by Crippen LogP contribution is -2.37. The topological polar surface area (TPSA) is 71.1 Å². The van der Waals surface area contributed by atoms with Gasteiger partial charge in [-0.2, -0.15) is 0 Å². The van der Waals surface area contributed by atoms with Crippen molar-refractivity contribution < 1.29 is 32.9 Å². The Kier molecular flexibility index (Phi) is 6.16. The smallest absolute Gasteiger partial charge is 0.338 e. The Hall–Kier alpha value is -2.77. The maximum Gasteiger partial charge on any atom is 0.338 e. The highest BCUT2D eigenvalue weighted by atomic mass is 19.1. The van der Waals surface area contributed by atoms with Crippen molar-refractivity contribution in [1.82, 2.24) is 0 Å². The Morgan fingerprint density at radius 3 is 2.07 bits per heavy atom. The molecule has 0 saturated carbocycles. The lowest BCUT2D eigenvalue weighted by atomic mass is 10.1. The van der Waals surface area contributed by atoms with Crippen LogP contribution in [0, 0.1) is 0 Å². The number of ether oxygens (including phenoxy) is 4. The van der Waals surface area contributed by atoms with Crippen molar-refractivity contribution in [1.29, 1.82) is 0 Å². The van der Waals surface area contributed by atoms with Crippen LogP contribution in [0.1, 0.15) is 20.7 Å². The molecule has 142 valence electrons. The third-order valence-corrected chi connectivity index (χ3v) is 4.12. The molecule has 1 heterocycles. The third-order valence-electron chi connectivity index (χ3n) is 4.12. The van der Waals surface area contributed by atoms with Crippen LogP contribution >= 0.6 is 0 Å². The van der Waals surface area contributed by atoms with E-state index in [-0.39, 0.29) is 12.2 Å². The Balaban J connectivity index is 1.66. The van der Waals surface area contributed by atoms with Gasteiger partial charge in [0.05, 0.1) is 11.1 Å². The molecule has 2 aromatic carbocycles. The van der Waals surface area contributed by atoms with Gasteiger partial charge < -0.3 is 18.9 Å². The van der Waals surface area contributed by atoms with E-state index in [9.17, 15) is 14.0 Å². The van der Waals surface area contributed by atoms with Crippen LogP contribution in [0.4, 0.5) is 4.39 Å². The van der Waals surface area contributed by atoms with E-state index in [2.05, 4.69) is 0 Å². The summed E-state index contributed by atoms with van der Waals surface area (Å²) in [6.07, 6.45) is -5.15. The first-order valence-electron chi connectivity index (χ1n) is 8.40. The maximum absolute atomic E-state index is 14.6. The molecule has 4 atom stereocenters. The van der Waals surface area contributed by atoms with E-state index in [1.54, 1.807) is 60.7 Å². The van der Waals surface area contributed by atoms with Crippen LogP contribution in [0.2, 0.25) is 0 Å². The normalized spacial score (nSPS) is 24.4. The van der Waals surface area contributed by atoms with E-state index in [0.29, 0.717) is 5.56 Å². The standard InChI is InChI=1S/C20H19FO6/c1-24-20-16(21)17(27-19(23)14-10-6-3-7-11-14)15(26-20)12-25-18(22)13-8-4-2-5-9-13/h2-11,15-17,20H,12H2,1H3/t15-,16+,17-,20?/m0/s1. The summed E-state index contributed by atoms with van der Waals surface area (Å²) in [6, 6.07) is 16.6. The molecule has 0 aromatic heterocycles. The second-order valence-corrected chi connectivity index (χ2v) is 5.92. The van der Waals surface area contributed by atoms with Crippen molar-refractivity contribution in [2.24, 2.45) is 0 Å². The fraction of sp³-hybridized carbons (Fsp3) is 0.300. The fourth-order valence-corrected chi connectivity index (χ4v) is 2.73. The van der Waals surface area contributed by atoms with Crippen molar-refractivity contribution in [2.75, 3.05) is 13.7 Å². The van der Waals surface area contributed by atoms with Crippen molar-refractivity contribution >= 4 is 11.9 Å². The number of rotatable bonds is 6. The van der Waals surface area contributed by atoms with Crippen LogP contribution in [0.25, 0.3) is 0 Å². The molecule has 0 aliphatic carbocycles. The summed E-state index contributed by atoms with van der Waals surface area (Å²) >= 11 is 0. The molecule has 1 aliphatic heterocycles. The Labute approximate surface area is 155 Å². The van der Waals surface area contributed by atoms with E-state index in [4.69, 9.17) is 18.9 Å². The Bertz CT molecular complexity index is 767. The van der Waals surface area contributed by atoms with E-state index in [1.807, 2.05) is 0 Å². The number of alkyl halides is 1. The summed E-state index contributed by atoms with van der Waals surface area (Å²) < 4.78 is 35.4. The van der Waals surface area contributed by atoms with Gasteiger partial charge in [0.2, 0.25) is 0 Å². The van der Waals surface area contributed by atoms with E-state index in [1.165, 1.54) is 7.11 Å². The van der Waals surface area contributed by atoms with Gasteiger partial charge in [-0.3, -0.25) is 0 Å². The zero-order valence-corrected chi connectivity index (χ0v) is 14.6. The van der Waals surface area contributed by atoms with Crippen LogP contribution in [0.3, 0.4) is 0 Å². The summed E-state index contributed by atoms with van der Waals surface area (Å²) in [5.41, 5.74) is 0.638. The highest BCUT2D eigenvalue weighted by Crippen LogP contribution is 2.28. The highest BCUT2D eigenvalue weighted by Gasteiger charge is 2.48. The first kappa shape index (κ1) is 19.0. The SMILES string of the molecule is COC1O[C@@H](COC(=O)c2ccccc2)[C@H](OC(=O)c2ccccc2)[C@H]1F. The zero-order valence-electron chi connectivity index (χ0n) is 14.6. The number of hydrogen-bond acceptors (Lipinski definition) is 6. The minimum Gasteiger partial charge on any atom is -0.459 e. The molecule has 1 fully saturated rings. The molecule has 0 spiro atoms. The number of benzene rings is 2. The van der Waals surface area contributed by atoms with Crippen molar-refractivity contribution in [3.8, 4) is 0 Å². The van der Waals surface area contributed by atoms with Crippen molar-refractivity contribution in [3.05, 3.63) is 71.8 Å². The van der Waals surface area contributed by atoms with Crippen molar-refractivity contribution in [2.45, 2.75) is 24.7 Å². The summed E-state index contributed by atoms with van der Waals surface area (Å²) in [5.74, 6) is -1.27. The van der Waals surface area contributed by atoms with E-state index in [0.717, 1.165) is 0 Å². The highest BCUT2D eigenvalue weighted by molar-refractivity contribution is 5.90. The summed E-state index contributed by atoms with van der Waals surface area (Å²) in [4.78, 5) is 24.3. The van der Waals surface area contributed by atoms with Gasteiger partial charge in [-0.15, -0.1) is 0 Å². The molecule has 27 heavy (non-hydrogen) atoms. The Morgan fingerprint density at radius 1 is 0.963 bits per heavy atom. The second kappa shape index (κ2) is 8.75. The van der Waals surface area contributed by atoms with Gasteiger partial charge in [-0.05, 0) is 24.3 Å². The maximum atomic E-state index is 14.6. The van der Waals surface area contributed by atoms with Gasteiger partial charge >= 0.3 is 11.9 Å². The molecular formula is C20H19FO6. The third kappa shape index (κ3) is 4.50. The van der Waals surface area contributed by atoms with Gasteiger partial charge in [0, 0.05) is 7.11 Å². The Morgan fingerprint density at radius 2 is 1.52 bits per heavy atom. The quantitative estimate of drug-likeness (QED) is 0.724. The van der Waals surface area contributed by atoms with Crippen LogP contribution in [-0.2, 0) is 18.9 Å². The molecule has 6 nitrogen and oxygen atoms in total. The molecule has 7 heteroatoms. The van der Waals surface area contributed by atoms with Crippen LogP contribution < -0.4 is 0 Å². The molecule has 1 saturated heterocycles. The van der Waals surface area contributed by atoms with Crippen LogP contribution in [0.15, 0.2) is 60.7 Å². The summed E-state index contributed by atoms with van der Waals surface area (Å²) in [7, 11) is 1.28. The van der Waals surface area contributed by atoms with Gasteiger partial charge in [0.25, 0.3) is 0 Å².